The fraction of sp³-hybridized carbons (Fsp3) is 0.308. The highest BCUT2D eigenvalue weighted by molar-refractivity contribution is 5.69. The molecule has 0 bridgehead atoms. The summed E-state index contributed by atoms with van der Waals surface area (Å²) in [6, 6.07) is 4.24. The SMILES string of the molecule is Cc1ccc(-c2nc(N)[nH]c2C)c(C)c1C. The Morgan fingerprint density at radius 1 is 1.06 bits per heavy atom. The van der Waals surface area contributed by atoms with E-state index < -0.39 is 0 Å². The molecule has 0 amide bonds. The molecule has 0 aliphatic heterocycles. The quantitative estimate of drug-likeness (QED) is 0.768. The van der Waals surface area contributed by atoms with Crippen molar-refractivity contribution < 1.29 is 0 Å². The zero-order valence-electron chi connectivity index (χ0n) is 10.2. The molecule has 0 unspecified atom stereocenters. The number of aromatic amines is 1. The van der Waals surface area contributed by atoms with Crippen molar-refractivity contribution >= 4 is 5.95 Å². The second-order valence-electron chi connectivity index (χ2n) is 4.28. The van der Waals surface area contributed by atoms with Crippen molar-refractivity contribution in [3.63, 3.8) is 0 Å². The number of nitrogens with one attached hydrogen (secondary N) is 1. The van der Waals surface area contributed by atoms with E-state index in [0.29, 0.717) is 5.95 Å². The molecule has 1 aromatic carbocycles. The van der Waals surface area contributed by atoms with Crippen molar-refractivity contribution in [2.24, 2.45) is 0 Å². The van der Waals surface area contributed by atoms with E-state index in [2.05, 4.69) is 42.9 Å². The lowest BCUT2D eigenvalue weighted by Gasteiger charge is -2.09. The monoisotopic (exact) mass is 215 g/mol. The molecule has 16 heavy (non-hydrogen) atoms. The van der Waals surface area contributed by atoms with Crippen LogP contribution in [0.15, 0.2) is 12.1 Å². The lowest BCUT2D eigenvalue weighted by molar-refractivity contribution is 1.24. The smallest absolute Gasteiger partial charge is 0.198 e. The first-order chi connectivity index (χ1) is 7.50. The predicted octanol–water partition coefficient (Wildman–Crippen LogP) is 2.89. The van der Waals surface area contributed by atoms with Crippen LogP contribution in [0, 0.1) is 27.7 Å². The molecule has 0 radical (unpaired) electrons. The number of nitrogen functional groups attached to an aromatic ring is 1. The summed E-state index contributed by atoms with van der Waals surface area (Å²) in [5.74, 6) is 0.477. The molecule has 0 saturated carbocycles. The molecule has 2 rings (SSSR count). The Kier molecular flexibility index (Phi) is 2.46. The molecular formula is C13H17N3. The fourth-order valence-electron chi connectivity index (χ4n) is 1.96. The summed E-state index contributed by atoms with van der Waals surface area (Å²) in [5, 5.41) is 0. The van der Waals surface area contributed by atoms with Gasteiger partial charge in [0, 0.05) is 11.3 Å². The van der Waals surface area contributed by atoms with E-state index in [9.17, 15) is 0 Å². The van der Waals surface area contributed by atoms with Gasteiger partial charge in [-0.05, 0) is 44.4 Å². The van der Waals surface area contributed by atoms with Gasteiger partial charge in [-0.1, -0.05) is 12.1 Å². The van der Waals surface area contributed by atoms with Gasteiger partial charge in [-0.3, -0.25) is 0 Å². The molecule has 0 atom stereocenters. The molecular weight excluding hydrogens is 198 g/mol. The van der Waals surface area contributed by atoms with Crippen LogP contribution in [0.1, 0.15) is 22.4 Å². The molecule has 3 heteroatoms. The van der Waals surface area contributed by atoms with Crippen LogP contribution < -0.4 is 5.73 Å². The van der Waals surface area contributed by atoms with Crippen molar-refractivity contribution in [2.75, 3.05) is 5.73 Å². The zero-order valence-corrected chi connectivity index (χ0v) is 10.2. The Morgan fingerprint density at radius 2 is 1.75 bits per heavy atom. The molecule has 0 aliphatic carbocycles. The van der Waals surface area contributed by atoms with E-state index in [1.807, 2.05) is 6.92 Å². The first-order valence-corrected chi connectivity index (χ1v) is 5.40. The van der Waals surface area contributed by atoms with Gasteiger partial charge in [0.1, 0.15) is 0 Å². The van der Waals surface area contributed by atoms with Crippen molar-refractivity contribution in [3.8, 4) is 11.3 Å². The number of nitrogens with two attached hydrogens (primary N) is 1. The second-order valence-corrected chi connectivity index (χ2v) is 4.28. The van der Waals surface area contributed by atoms with Crippen molar-refractivity contribution in [1.82, 2.24) is 9.97 Å². The fourth-order valence-corrected chi connectivity index (χ4v) is 1.96. The van der Waals surface area contributed by atoms with Gasteiger partial charge in [-0.2, -0.15) is 0 Å². The molecule has 1 aromatic heterocycles. The van der Waals surface area contributed by atoms with Crippen LogP contribution in [0.2, 0.25) is 0 Å². The van der Waals surface area contributed by atoms with E-state index in [0.717, 1.165) is 17.0 Å². The summed E-state index contributed by atoms with van der Waals surface area (Å²) in [4.78, 5) is 7.37. The third kappa shape index (κ3) is 1.58. The van der Waals surface area contributed by atoms with Gasteiger partial charge in [-0.15, -0.1) is 0 Å². The van der Waals surface area contributed by atoms with Crippen LogP contribution in [0.4, 0.5) is 5.95 Å². The van der Waals surface area contributed by atoms with Gasteiger partial charge in [0.15, 0.2) is 5.95 Å². The number of anilines is 1. The van der Waals surface area contributed by atoms with Crippen LogP contribution in [0.5, 0.6) is 0 Å². The average Bonchev–Trinajstić information content (AvgIpc) is 2.55. The molecule has 3 nitrogen and oxygen atoms in total. The molecule has 0 fully saturated rings. The molecule has 2 aromatic rings. The predicted molar refractivity (Wildman–Crippen MR) is 67.4 cm³/mol. The summed E-state index contributed by atoms with van der Waals surface area (Å²) in [6.45, 7) is 8.38. The first-order valence-electron chi connectivity index (χ1n) is 5.40. The average molecular weight is 215 g/mol. The number of aryl methyl sites for hydroxylation is 2. The minimum atomic E-state index is 0.477. The number of H-pyrrole nitrogens is 1. The van der Waals surface area contributed by atoms with Crippen molar-refractivity contribution in [1.29, 1.82) is 0 Å². The van der Waals surface area contributed by atoms with Crippen LogP contribution in [-0.2, 0) is 0 Å². The number of hydrogen-bond acceptors (Lipinski definition) is 2. The Balaban J connectivity index is 2.65. The zero-order chi connectivity index (χ0) is 11.9. The first kappa shape index (κ1) is 10.7. The van der Waals surface area contributed by atoms with Crippen LogP contribution in [0.25, 0.3) is 11.3 Å². The maximum atomic E-state index is 5.67. The minimum Gasteiger partial charge on any atom is -0.369 e. The molecule has 0 aliphatic rings. The molecule has 0 spiro atoms. The summed E-state index contributed by atoms with van der Waals surface area (Å²) >= 11 is 0. The Hall–Kier alpha value is -1.77. The molecule has 3 N–H and O–H groups in total. The number of benzene rings is 1. The minimum absolute atomic E-state index is 0.477. The van der Waals surface area contributed by atoms with Crippen LogP contribution >= 0.6 is 0 Å². The van der Waals surface area contributed by atoms with Gasteiger partial charge in [0.05, 0.1) is 5.69 Å². The van der Waals surface area contributed by atoms with E-state index >= 15 is 0 Å². The number of imidazole rings is 1. The van der Waals surface area contributed by atoms with Crippen LogP contribution in [0.3, 0.4) is 0 Å². The van der Waals surface area contributed by atoms with E-state index in [4.69, 9.17) is 5.73 Å². The van der Waals surface area contributed by atoms with Crippen molar-refractivity contribution in [2.45, 2.75) is 27.7 Å². The lowest BCUT2D eigenvalue weighted by atomic mass is 9.96. The van der Waals surface area contributed by atoms with Crippen LogP contribution in [-0.4, -0.2) is 9.97 Å². The summed E-state index contributed by atoms with van der Waals surface area (Å²) < 4.78 is 0. The van der Waals surface area contributed by atoms with Gasteiger partial charge >= 0.3 is 0 Å². The highest BCUT2D eigenvalue weighted by Gasteiger charge is 2.11. The normalized spacial score (nSPS) is 10.8. The molecule has 84 valence electrons. The van der Waals surface area contributed by atoms with E-state index in [1.54, 1.807) is 0 Å². The highest BCUT2D eigenvalue weighted by Crippen LogP contribution is 2.28. The highest BCUT2D eigenvalue weighted by atomic mass is 15.0. The maximum absolute atomic E-state index is 5.67. The Bertz CT molecular complexity index is 538. The van der Waals surface area contributed by atoms with Crippen molar-refractivity contribution in [3.05, 3.63) is 34.5 Å². The van der Waals surface area contributed by atoms with Gasteiger partial charge < -0.3 is 10.7 Å². The molecule has 0 saturated heterocycles. The lowest BCUT2D eigenvalue weighted by Crippen LogP contribution is -1.92. The Morgan fingerprint density at radius 3 is 2.31 bits per heavy atom. The number of aromatic nitrogens is 2. The topological polar surface area (TPSA) is 54.7 Å². The van der Waals surface area contributed by atoms with E-state index in [1.165, 1.54) is 16.7 Å². The standard InChI is InChI=1S/C13H17N3/c1-7-5-6-11(9(3)8(7)2)12-10(4)15-13(14)16-12/h5-6H,1-4H3,(H3,14,15,16). The second kappa shape index (κ2) is 3.67. The third-order valence-electron chi connectivity index (χ3n) is 3.22. The number of hydrogen-bond donors (Lipinski definition) is 2. The number of rotatable bonds is 1. The largest absolute Gasteiger partial charge is 0.369 e. The van der Waals surface area contributed by atoms with Gasteiger partial charge in [0.2, 0.25) is 0 Å². The maximum Gasteiger partial charge on any atom is 0.198 e. The number of nitrogens with zero attached hydrogens (tertiary/aromatic N) is 1. The van der Waals surface area contributed by atoms with Gasteiger partial charge in [-0.25, -0.2) is 4.98 Å². The molecule has 1 heterocycles. The summed E-state index contributed by atoms with van der Waals surface area (Å²) in [7, 11) is 0. The van der Waals surface area contributed by atoms with Gasteiger partial charge in [0.25, 0.3) is 0 Å². The Labute approximate surface area is 95.7 Å². The van der Waals surface area contributed by atoms with E-state index in [-0.39, 0.29) is 0 Å². The third-order valence-corrected chi connectivity index (χ3v) is 3.22. The summed E-state index contributed by atoms with van der Waals surface area (Å²) in [6.07, 6.45) is 0. The summed E-state index contributed by atoms with van der Waals surface area (Å²) in [5.41, 5.74) is 12.7.